The number of nitrogens with zero attached hydrogens (tertiary/aromatic N) is 1. The third-order valence-electron chi connectivity index (χ3n) is 2.96. The summed E-state index contributed by atoms with van der Waals surface area (Å²) < 4.78 is 5.27. The number of hydrogen-bond donors (Lipinski definition) is 1. The number of aryl methyl sites for hydroxylation is 1. The molecule has 4 heteroatoms. The summed E-state index contributed by atoms with van der Waals surface area (Å²) in [5, 5.41) is 3.24. The van der Waals surface area contributed by atoms with Crippen LogP contribution in [0.4, 0.5) is 5.69 Å². The molecule has 0 aromatic heterocycles. The van der Waals surface area contributed by atoms with Gasteiger partial charge in [-0.25, -0.2) is 0 Å². The largest absolute Gasteiger partial charge is 0.385 e. The number of rotatable bonds is 7. The molecule has 0 heterocycles. The van der Waals surface area contributed by atoms with E-state index in [1.807, 2.05) is 32.0 Å². The predicted molar refractivity (Wildman–Crippen MR) is 78.8 cm³/mol. The first-order chi connectivity index (χ1) is 9.10. The molecule has 1 aromatic rings. The zero-order valence-corrected chi connectivity index (χ0v) is 12.3. The van der Waals surface area contributed by atoms with Crippen LogP contribution in [0.5, 0.6) is 0 Å². The lowest BCUT2D eigenvalue weighted by Gasteiger charge is -2.18. The standard InChI is InChI=1S/C15H24N2O2/c1-5-16-13-7-8-14(12(3)11-13)15(18)17(4)9-10-19-6-2/h7-8,11,16H,5-6,9-10H2,1-4H3. The van der Waals surface area contributed by atoms with Crippen molar-refractivity contribution in [1.29, 1.82) is 0 Å². The first-order valence-corrected chi connectivity index (χ1v) is 6.77. The molecule has 0 aliphatic heterocycles. The van der Waals surface area contributed by atoms with Gasteiger partial charge in [0.2, 0.25) is 0 Å². The Morgan fingerprint density at radius 1 is 1.37 bits per heavy atom. The topological polar surface area (TPSA) is 41.6 Å². The molecule has 1 aromatic carbocycles. The van der Waals surface area contributed by atoms with E-state index in [1.165, 1.54) is 0 Å². The summed E-state index contributed by atoms with van der Waals surface area (Å²) >= 11 is 0. The van der Waals surface area contributed by atoms with E-state index >= 15 is 0 Å². The molecule has 19 heavy (non-hydrogen) atoms. The number of likely N-dealkylation sites (N-methyl/N-ethyl adjacent to an activating group) is 1. The number of carbonyl (C=O) groups is 1. The summed E-state index contributed by atoms with van der Waals surface area (Å²) in [5.41, 5.74) is 2.79. The van der Waals surface area contributed by atoms with E-state index in [0.29, 0.717) is 19.8 Å². The molecule has 0 atom stereocenters. The molecule has 0 bridgehead atoms. The SMILES string of the molecule is CCNc1ccc(C(=O)N(C)CCOCC)c(C)c1. The van der Waals surface area contributed by atoms with Gasteiger partial charge in [-0.05, 0) is 44.5 Å². The minimum absolute atomic E-state index is 0.0419. The molecule has 0 fully saturated rings. The second kappa shape index (κ2) is 7.79. The zero-order valence-electron chi connectivity index (χ0n) is 12.3. The van der Waals surface area contributed by atoms with Crippen molar-refractivity contribution in [2.75, 3.05) is 38.7 Å². The van der Waals surface area contributed by atoms with Crippen LogP contribution in [0.2, 0.25) is 0 Å². The Balaban J connectivity index is 2.70. The lowest BCUT2D eigenvalue weighted by Crippen LogP contribution is -2.30. The van der Waals surface area contributed by atoms with Crippen molar-refractivity contribution >= 4 is 11.6 Å². The monoisotopic (exact) mass is 264 g/mol. The van der Waals surface area contributed by atoms with Crippen LogP contribution >= 0.6 is 0 Å². The number of carbonyl (C=O) groups excluding carboxylic acids is 1. The molecular formula is C15H24N2O2. The molecule has 0 saturated carbocycles. The van der Waals surface area contributed by atoms with Gasteiger partial charge in [-0.1, -0.05) is 0 Å². The van der Waals surface area contributed by atoms with Crippen molar-refractivity contribution in [3.05, 3.63) is 29.3 Å². The lowest BCUT2D eigenvalue weighted by atomic mass is 10.1. The Morgan fingerprint density at radius 3 is 2.68 bits per heavy atom. The molecular weight excluding hydrogens is 240 g/mol. The first-order valence-electron chi connectivity index (χ1n) is 6.77. The van der Waals surface area contributed by atoms with Gasteiger partial charge in [0.15, 0.2) is 0 Å². The van der Waals surface area contributed by atoms with Crippen LogP contribution in [-0.2, 0) is 4.74 Å². The van der Waals surface area contributed by atoms with Crippen molar-refractivity contribution in [3.8, 4) is 0 Å². The van der Waals surface area contributed by atoms with E-state index in [4.69, 9.17) is 4.74 Å². The Hall–Kier alpha value is -1.55. The Labute approximate surface area is 115 Å². The predicted octanol–water partition coefficient (Wildman–Crippen LogP) is 2.54. The number of ether oxygens (including phenoxy) is 1. The van der Waals surface area contributed by atoms with E-state index in [0.717, 1.165) is 23.4 Å². The van der Waals surface area contributed by atoms with Crippen LogP contribution in [0.15, 0.2) is 18.2 Å². The van der Waals surface area contributed by atoms with Crippen LogP contribution in [-0.4, -0.2) is 44.2 Å². The highest BCUT2D eigenvalue weighted by Gasteiger charge is 2.13. The van der Waals surface area contributed by atoms with Crippen LogP contribution in [0.3, 0.4) is 0 Å². The molecule has 0 radical (unpaired) electrons. The van der Waals surface area contributed by atoms with Crippen LogP contribution in [0.25, 0.3) is 0 Å². The Kier molecular flexibility index (Phi) is 6.36. The normalized spacial score (nSPS) is 10.3. The summed E-state index contributed by atoms with van der Waals surface area (Å²) in [6.45, 7) is 8.71. The van der Waals surface area contributed by atoms with Crippen molar-refractivity contribution < 1.29 is 9.53 Å². The van der Waals surface area contributed by atoms with Gasteiger partial charge in [0.1, 0.15) is 0 Å². The first kappa shape index (κ1) is 15.5. The fourth-order valence-electron chi connectivity index (χ4n) is 1.87. The highest BCUT2D eigenvalue weighted by molar-refractivity contribution is 5.95. The minimum atomic E-state index is 0.0419. The number of anilines is 1. The maximum atomic E-state index is 12.3. The fraction of sp³-hybridized carbons (Fsp3) is 0.533. The molecule has 0 unspecified atom stereocenters. The van der Waals surface area contributed by atoms with Gasteiger partial charge in [-0.2, -0.15) is 0 Å². The van der Waals surface area contributed by atoms with Crippen molar-refractivity contribution in [2.24, 2.45) is 0 Å². The molecule has 4 nitrogen and oxygen atoms in total. The highest BCUT2D eigenvalue weighted by atomic mass is 16.5. The average Bonchev–Trinajstić information content (AvgIpc) is 2.39. The summed E-state index contributed by atoms with van der Waals surface area (Å²) in [4.78, 5) is 14.0. The second-order valence-electron chi connectivity index (χ2n) is 4.48. The molecule has 1 amide bonds. The van der Waals surface area contributed by atoms with Crippen molar-refractivity contribution in [1.82, 2.24) is 4.90 Å². The average molecular weight is 264 g/mol. The molecule has 0 aliphatic carbocycles. The van der Waals surface area contributed by atoms with Crippen LogP contribution < -0.4 is 5.32 Å². The van der Waals surface area contributed by atoms with Gasteiger partial charge >= 0.3 is 0 Å². The van der Waals surface area contributed by atoms with E-state index in [9.17, 15) is 4.79 Å². The molecule has 106 valence electrons. The molecule has 0 spiro atoms. The molecule has 0 aliphatic rings. The van der Waals surface area contributed by atoms with Gasteiger partial charge in [0, 0.05) is 38.0 Å². The number of hydrogen-bond acceptors (Lipinski definition) is 3. The summed E-state index contributed by atoms with van der Waals surface area (Å²) in [6.07, 6.45) is 0. The van der Waals surface area contributed by atoms with Crippen LogP contribution in [0.1, 0.15) is 29.8 Å². The van der Waals surface area contributed by atoms with Gasteiger partial charge in [0.25, 0.3) is 5.91 Å². The van der Waals surface area contributed by atoms with Crippen molar-refractivity contribution in [2.45, 2.75) is 20.8 Å². The summed E-state index contributed by atoms with van der Waals surface area (Å²) in [6, 6.07) is 5.83. The quantitative estimate of drug-likeness (QED) is 0.769. The number of benzene rings is 1. The van der Waals surface area contributed by atoms with Gasteiger partial charge < -0.3 is 15.0 Å². The van der Waals surface area contributed by atoms with Crippen molar-refractivity contribution in [3.63, 3.8) is 0 Å². The molecule has 0 saturated heterocycles. The highest BCUT2D eigenvalue weighted by Crippen LogP contribution is 2.16. The zero-order chi connectivity index (χ0) is 14.3. The Morgan fingerprint density at radius 2 is 2.11 bits per heavy atom. The summed E-state index contributed by atoms with van der Waals surface area (Å²) in [7, 11) is 1.80. The van der Waals surface area contributed by atoms with Gasteiger partial charge in [-0.15, -0.1) is 0 Å². The van der Waals surface area contributed by atoms with Gasteiger partial charge in [-0.3, -0.25) is 4.79 Å². The molecule has 1 rings (SSSR count). The maximum Gasteiger partial charge on any atom is 0.253 e. The second-order valence-corrected chi connectivity index (χ2v) is 4.48. The minimum Gasteiger partial charge on any atom is -0.385 e. The number of amides is 1. The van der Waals surface area contributed by atoms with Gasteiger partial charge in [0.05, 0.1) is 6.61 Å². The van der Waals surface area contributed by atoms with E-state index < -0.39 is 0 Å². The summed E-state index contributed by atoms with van der Waals surface area (Å²) in [5.74, 6) is 0.0419. The number of nitrogens with one attached hydrogen (secondary N) is 1. The van der Waals surface area contributed by atoms with E-state index in [1.54, 1.807) is 11.9 Å². The fourth-order valence-corrected chi connectivity index (χ4v) is 1.87. The third kappa shape index (κ3) is 4.56. The lowest BCUT2D eigenvalue weighted by molar-refractivity contribution is 0.0709. The molecule has 1 N–H and O–H groups in total. The third-order valence-corrected chi connectivity index (χ3v) is 2.96. The maximum absolute atomic E-state index is 12.3. The van der Waals surface area contributed by atoms with E-state index in [-0.39, 0.29) is 5.91 Å². The Bertz CT molecular complexity index is 419. The van der Waals surface area contributed by atoms with Crippen LogP contribution in [0, 0.1) is 6.92 Å². The van der Waals surface area contributed by atoms with E-state index in [2.05, 4.69) is 12.2 Å². The smallest absolute Gasteiger partial charge is 0.253 e.